The van der Waals surface area contributed by atoms with Crippen LogP contribution >= 0.6 is 11.3 Å². The summed E-state index contributed by atoms with van der Waals surface area (Å²) < 4.78 is 1.92. The Morgan fingerprint density at radius 2 is 1.91 bits per heavy atom. The minimum Gasteiger partial charge on any atom is -0.317 e. The minimum absolute atomic E-state index is 0.548. The Kier molecular flexibility index (Phi) is 3.24. The molecular formula is C18H15N3S. The highest BCUT2D eigenvalue weighted by molar-refractivity contribution is 7.16. The summed E-state index contributed by atoms with van der Waals surface area (Å²) in [7, 11) is 0. The summed E-state index contributed by atoms with van der Waals surface area (Å²) in [5.41, 5.74) is 1.84. The number of thiophene rings is 1. The molecule has 0 saturated heterocycles. The van der Waals surface area contributed by atoms with Gasteiger partial charge in [-0.15, -0.1) is 11.3 Å². The van der Waals surface area contributed by atoms with Crippen LogP contribution < -0.4 is 5.49 Å². The Hall–Kier alpha value is -2.46. The molecule has 0 fully saturated rings. The molecule has 4 rings (SSSR count). The van der Waals surface area contributed by atoms with Gasteiger partial charge in [0.15, 0.2) is 0 Å². The summed E-state index contributed by atoms with van der Waals surface area (Å²) in [6, 6.07) is 16.9. The maximum atomic E-state index is 8.28. The Morgan fingerprint density at radius 1 is 1.05 bits per heavy atom. The topological polar surface area (TPSA) is 41.7 Å². The zero-order valence-corrected chi connectivity index (χ0v) is 12.8. The summed E-state index contributed by atoms with van der Waals surface area (Å²) in [4.78, 5) is 5.36. The van der Waals surface area contributed by atoms with Gasteiger partial charge >= 0.3 is 0 Å². The average Bonchev–Trinajstić information content (AvgIpc) is 3.03. The van der Waals surface area contributed by atoms with Gasteiger partial charge < -0.3 is 4.57 Å². The fraction of sp³-hybridized carbons (Fsp3) is 0.111. The van der Waals surface area contributed by atoms with Crippen molar-refractivity contribution in [2.45, 2.75) is 13.0 Å². The van der Waals surface area contributed by atoms with Crippen LogP contribution in [-0.4, -0.2) is 9.55 Å². The van der Waals surface area contributed by atoms with Crippen LogP contribution in [-0.2, 0) is 13.0 Å². The van der Waals surface area contributed by atoms with Gasteiger partial charge in [-0.3, -0.25) is 5.41 Å². The first-order valence-corrected chi connectivity index (χ1v) is 8.14. The number of aryl methyl sites for hydroxylation is 2. The maximum absolute atomic E-state index is 8.28. The van der Waals surface area contributed by atoms with Gasteiger partial charge in [-0.2, -0.15) is 0 Å². The standard InChI is InChI=1S/C18H15N3S/c19-17-16-8-10-22-18(16)20-12-21(17)9-7-13-5-6-14-3-1-2-4-15(14)11-13/h1-6,8,10-12,19H,7,9H2. The zero-order valence-electron chi connectivity index (χ0n) is 12.0. The summed E-state index contributed by atoms with van der Waals surface area (Å²) in [5, 5.41) is 13.7. The van der Waals surface area contributed by atoms with Gasteiger partial charge in [0.25, 0.3) is 0 Å². The van der Waals surface area contributed by atoms with Crippen LogP contribution in [0.3, 0.4) is 0 Å². The van der Waals surface area contributed by atoms with Crippen LogP contribution in [0.1, 0.15) is 5.56 Å². The lowest BCUT2D eigenvalue weighted by Gasteiger charge is -2.08. The zero-order chi connectivity index (χ0) is 14.9. The molecule has 0 unspecified atom stereocenters. The van der Waals surface area contributed by atoms with E-state index in [1.807, 2.05) is 16.0 Å². The van der Waals surface area contributed by atoms with Crippen molar-refractivity contribution < 1.29 is 0 Å². The Bertz CT molecular complexity index is 1010. The second kappa shape index (κ2) is 5.39. The summed E-state index contributed by atoms with van der Waals surface area (Å²) in [6.45, 7) is 0.774. The molecule has 2 aromatic carbocycles. The van der Waals surface area contributed by atoms with Gasteiger partial charge in [-0.1, -0.05) is 42.5 Å². The first kappa shape index (κ1) is 13.2. The number of hydrogen-bond acceptors (Lipinski definition) is 3. The molecule has 4 heteroatoms. The average molecular weight is 305 g/mol. The highest BCUT2D eigenvalue weighted by atomic mass is 32.1. The van der Waals surface area contributed by atoms with Crippen LogP contribution in [0.15, 0.2) is 60.2 Å². The second-order valence-electron chi connectivity index (χ2n) is 5.36. The highest BCUT2D eigenvalue weighted by Crippen LogP contribution is 2.17. The van der Waals surface area contributed by atoms with E-state index in [0.29, 0.717) is 5.49 Å². The fourth-order valence-corrected chi connectivity index (χ4v) is 3.46. The van der Waals surface area contributed by atoms with Crippen LogP contribution in [0, 0.1) is 5.41 Å². The van der Waals surface area contributed by atoms with Crippen LogP contribution in [0.5, 0.6) is 0 Å². The lowest BCUT2D eigenvalue weighted by atomic mass is 10.1. The third-order valence-corrected chi connectivity index (χ3v) is 4.78. The minimum atomic E-state index is 0.548. The lowest BCUT2D eigenvalue weighted by molar-refractivity contribution is 0.647. The van der Waals surface area contributed by atoms with Crippen molar-refractivity contribution in [1.29, 1.82) is 5.41 Å². The molecular weight excluding hydrogens is 290 g/mol. The molecule has 0 atom stereocenters. The summed E-state index contributed by atoms with van der Waals surface area (Å²) in [5.74, 6) is 0. The first-order chi connectivity index (χ1) is 10.8. The number of fused-ring (bicyclic) bond motifs is 2. The van der Waals surface area contributed by atoms with Crippen molar-refractivity contribution in [1.82, 2.24) is 9.55 Å². The Morgan fingerprint density at radius 3 is 2.82 bits per heavy atom. The van der Waals surface area contributed by atoms with E-state index in [-0.39, 0.29) is 0 Å². The molecule has 0 radical (unpaired) electrons. The molecule has 1 N–H and O–H groups in total. The number of hydrogen-bond donors (Lipinski definition) is 1. The van der Waals surface area contributed by atoms with Gasteiger partial charge in [0.05, 0.1) is 11.7 Å². The first-order valence-electron chi connectivity index (χ1n) is 7.26. The normalized spacial score (nSPS) is 11.3. The van der Waals surface area contributed by atoms with E-state index in [4.69, 9.17) is 5.41 Å². The van der Waals surface area contributed by atoms with Gasteiger partial charge in [0.2, 0.25) is 0 Å². The van der Waals surface area contributed by atoms with E-state index >= 15 is 0 Å². The molecule has 0 bridgehead atoms. The van der Waals surface area contributed by atoms with E-state index in [2.05, 4.69) is 47.4 Å². The van der Waals surface area contributed by atoms with Crippen molar-refractivity contribution in [3.8, 4) is 0 Å². The van der Waals surface area contributed by atoms with Gasteiger partial charge in [0.1, 0.15) is 10.3 Å². The van der Waals surface area contributed by atoms with Crippen molar-refractivity contribution in [3.63, 3.8) is 0 Å². The van der Waals surface area contributed by atoms with Crippen LogP contribution in [0.4, 0.5) is 0 Å². The number of nitrogens with one attached hydrogen (secondary N) is 1. The molecule has 2 aromatic heterocycles. The molecule has 0 aliphatic heterocycles. The molecule has 0 aliphatic carbocycles. The van der Waals surface area contributed by atoms with E-state index < -0.39 is 0 Å². The molecule has 0 spiro atoms. The number of aromatic nitrogens is 2. The molecule has 0 saturated carbocycles. The predicted octanol–water partition coefficient (Wildman–Crippen LogP) is 3.97. The lowest BCUT2D eigenvalue weighted by Crippen LogP contribution is -2.21. The van der Waals surface area contributed by atoms with E-state index in [1.54, 1.807) is 17.7 Å². The van der Waals surface area contributed by atoms with Crippen LogP contribution in [0.25, 0.3) is 21.0 Å². The van der Waals surface area contributed by atoms with Gasteiger partial charge in [0, 0.05) is 6.54 Å². The monoisotopic (exact) mass is 305 g/mol. The van der Waals surface area contributed by atoms with Crippen molar-refractivity contribution in [2.75, 3.05) is 0 Å². The molecule has 0 amide bonds. The van der Waals surface area contributed by atoms with E-state index in [0.717, 1.165) is 23.2 Å². The maximum Gasteiger partial charge on any atom is 0.136 e. The van der Waals surface area contributed by atoms with E-state index in [9.17, 15) is 0 Å². The highest BCUT2D eigenvalue weighted by Gasteiger charge is 2.03. The van der Waals surface area contributed by atoms with Gasteiger partial charge in [-0.05, 0) is 34.2 Å². The molecule has 3 nitrogen and oxygen atoms in total. The smallest absolute Gasteiger partial charge is 0.136 e. The molecule has 0 aliphatic rings. The molecule has 108 valence electrons. The SMILES string of the molecule is N=c1c2ccsc2ncn1CCc1ccc2ccccc2c1. The number of rotatable bonds is 3. The number of nitrogens with zero attached hydrogens (tertiary/aromatic N) is 2. The third kappa shape index (κ3) is 2.31. The van der Waals surface area contributed by atoms with Gasteiger partial charge in [-0.25, -0.2) is 4.98 Å². The Balaban J connectivity index is 1.62. The molecule has 4 aromatic rings. The molecule has 22 heavy (non-hydrogen) atoms. The number of benzene rings is 2. The largest absolute Gasteiger partial charge is 0.317 e. The third-order valence-electron chi connectivity index (χ3n) is 3.96. The quantitative estimate of drug-likeness (QED) is 0.611. The van der Waals surface area contributed by atoms with Crippen molar-refractivity contribution in [3.05, 3.63) is 71.3 Å². The predicted molar refractivity (Wildman–Crippen MR) is 91.1 cm³/mol. The fourth-order valence-electron chi connectivity index (χ4n) is 2.73. The van der Waals surface area contributed by atoms with Crippen molar-refractivity contribution in [2.24, 2.45) is 0 Å². The Labute approximate surface area is 132 Å². The van der Waals surface area contributed by atoms with Crippen LogP contribution in [0.2, 0.25) is 0 Å². The molecule has 2 heterocycles. The summed E-state index contributed by atoms with van der Waals surface area (Å²) in [6.07, 6.45) is 2.68. The summed E-state index contributed by atoms with van der Waals surface area (Å²) >= 11 is 1.58. The van der Waals surface area contributed by atoms with E-state index in [1.165, 1.54) is 16.3 Å². The van der Waals surface area contributed by atoms with Crippen molar-refractivity contribution >= 4 is 32.3 Å². The second-order valence-corrected chi connectivity index (χ2v) is 6.25.